The van der Waals surface area contributed by atoms with Gasteiger partial charge in [-0.3, -0.25) is 4.79 Å². The molecule has 1 fully saturated rings. The SMILES string of the molecule is CCCNC(=O)CN[C@@H](C)C1CCCCCC1. The second-order valence-electron chi connectivity index (χ2n) is 5.27. The third-order valence-electron chi connectivity index (χ3n) is 3.76. The van der Waals surface area contributed by atoms with Crippen LogP contribution in [0.2, 0.25) is 0 Å². The number of nitrogens with one attached hydrogen (secondary N) is 2. The standard InChI is InChI=1S/C14H28N2O/c1-3-10-15-14(17)11-16-12(2)13-8-6-4-5-7-9-13/h12-13,16H,3-11H2,1-2H3,(H,15,17)/t12-/m0/s1. The number of carbonyl (C=O) groups is 1. The number of hydrogen-bond donors (Lipinski definition) is 2. The van der Waals surface area contributed by atoms with Crippen molar-refractivity contribution in [3.8, 4) is 0 Å². The van der Waals surface area contributed by atoms with Gasteiger partial charge < -0.3 is 10.6 Å². The van der Waals surface area contributed by atoms with Gasteiger partial charge in [0.25, 0.3) is 0 Å². The van der Waals surface area contributed by atoms with Crippen molar-refractivity contribution in [1.29, 1.82) is 0 Å². The van der Waals surface area contributed by atoms with Crippen LogP contribution in [0.3, 0.4) is 0 Å². The van der Waals surface area contributed by atoms with Crippen molar-refractivity contribution in [3.63, 3.8) is 0 Å². The number of rotatable bonds is 6. The van der Waals surface area contributed by atoms with E-state index >= 15 is 0 Å². The monoisotopic (exact) mass is 240 g/mol. The topological polar surface area (TPSA) is 41.1 Å². The van der Waals surface area contributed by atoms with E-state index in [0.717, 1.165) is 18.9 Å². The van der Waals surface area contributed by atoms with E-state index in [1.807, 2.05) is 0 Å². The summed E-state index contributed by atoms with van der Waals surface area (Å²) in [6, 6.07) is 0.473. The molecule has 1 aliphatic rings. The van der Waals surface area contributed by atoms with Crippen molar-refractivity contribution in [2.24, 2.45) is 5.92 Å². The van der Waals surface area contributed by atoms with E-state index in [2.05, 4.69) is 24.5 Å². The average molecular weight is 240 g/mol. The Bertz CT molecular complexity index is 210. The van der Waals surface area contributed by atoms with Crippen LogP contribution in [0.25, 0.3) is 0 Å². The van der Waals surface area contributed by atoms with Crippen LogP contribution < -0.4 is 10.6 Å². The average Bonchev–Trinajstić information content (AvgIpc) is 2.62. The zero-order chi connectivity index (χ0) is 12.5. The summed E-state index contributed by atoms with van der Waals surface area (Å²) < 4.78 is 0. The molecule has 0 aromatic carbocycles. The largest absolute Gasteiger partial charge is 0.355 e. The fourth-order valence-corrected chi connectivity index (χ4v) is 2.56. The summed E-state index contributed by atoms with van der Waals surface area (Å²) in [7, 11) is 0. The Morgan fingerprint density at radius 2 is 1.88 bits per heavy atom. The summed E-state index contributed by atoms with van der Waals surface area (Å²) in [5.41, 5.74) is 0. The van der Waals surface area contributed by atoms with E-state index in [1.165, 1.54) is 38.5 Å². The normalized spacial score (nSPS) is 19.6. The van der Waals surface area contributed by atoms with Crippen molar-refractivity contribution >= 4 is 5.91 Å². The van der Waals surface area contributed by atoms with Crippen molar-refractivity contribution in [1.82, 2.24) is 10.6 Å². The lowest BCUT2D eigenvalue weighted by molar-refractivity contribution is -0.120. The molecule has 1 saturated carbocycles. The Morgan fingerprint density at radius 1 is 1.24 bits per heavy atom. The first kappa shape index (κ1) is 14.5. The third kappa shape index (κ3) is 6.06. The molecule has 3 heteroatoms. The van der Waals surface area contributed by atoms with Gasteiger partial charge >= 0.3 is 0 Å². The molecule has 0 unspecified atom stereocenters. The molecule has 100 valence electrons. The fraction of sp³-hybridized carbons (Fsp3) is 0.929. The highest BCUT2D eigenvalue weighted by Gasteiger charge is 2.18. The van der Waals surface area contributed by atoms with Gasteiger partial charge in [-0.2, -0.15) is 0 Å². The van der Waals surface area contributed by atoms with Crippen LogP contribution in [-0.2, 0) is 4.79 Å². The van der Waals surface area contributed by atoms with Gasteiger partial charge in [-0.1, -0.05) is 32.6 Å². The van der Waals surface area contributed by atoms with Crippen LogP contribution in [0.15, 0.2) is 0 Å². The number of amides is 1. The zero-order valence-electron chi connectivity index (χ0n) is 11.4. The summed E-state index contributed by atoms with van der Waals surface area (Å²) >= 11 is 0. The van der Waals surface area contributed by atoms with Gasteiger partial charge in [0.15, 0.2) is 0 Å². The molecule has 0 bridgehead atoms. The maximum Gasteiger partial charge on any atom is 0.233 e. The minimum Gasteiger partial charge on any atom is -0.355 e. The molecule has 1 rings (SSSR count). The number of carbonyl (C=O) groups excluding carboxylic acids is 1. The van der Waals surface area contributed by atoms with Gasteiger partial charge in [0.1, 0.15) is 0 Å². The molecule has 2 N–H and O–H groups in total. The Hall–Kier alpha value is -0.570. The highest BCUT2D eigenvalue weighted by molar-refractivity contribution is 5.77. The smallest absolute Gasteiger partial charge is 0.233 e. The van der Waals surface area contributed by atoms with Gasteiger partial charge in [0.05, 0.1) is 6.54 Å². The maximum absolute atomic E-state index is 11.5. The zero-order valence-corrected chi connectivity index (χ0v) is 11.4. The Balaban J connectivity index is 2.18. The molecule has 0 heterocycles. The van der Waals surface area contributed by atoms with Gasteiger partial charge in [-0.25, -0.2) is 0 Å². The molecule has 3 nitrogen and oxygen atoms in total. The molecule has 0 aromatic heterocycles. The Labute approximate surface area is 106 Å². The van der Waals surface area contributed by atoms with Crippen LogP contribution in [0.4, 0.5) is 0 Å². The van der Waals surface area contributed by atoms with E-state index in [-0.39, 0.29) is 5.91 Å². The molecule has 0 aromatic rings. The lowest BCUT2D eigenvalue weighted by atomic mass is 9.93. The Kier molecular flexibility index (Phi) is 7.25. The summed E-state index contributed by atoms with van der Waals surface area (Å²) in [6.07, 6.45) is 9.15. The first-order valence-electron chi connectivity index (χ1n) is 7.24. The molecule has 1 aliphatic carbocycles. The van der Waals surface area contributed by atoms with Crippen molar-refractivity contribution in [2.75, 3.05) is 13.1 Å². The summed E-state index contributed by atoms with van der Waals surface area (Å²) in [5.74, 6) is 0.892. The minimum absolute atomic E-state index is 0.132. The molecule has 0 aliphatic heterocycles. The van der Waals surface area contributed by atoms with E-state index < -0.39 is 0 Å². The summed E-state index contributed by atoms with van der Waals surface area (Å²) in [6.45, 7) is 5.56. The van der Waals surface area contributed by atoms with Crippen LogP contribution >= 0.6 is 0 Å². The third-order valence-corrected chi connectivity index (χ3v) is 3.76. The van der Waals surface area contributed by atoms with E-state index in [0.29, 0.717) is 12.6 Å². The second kappa shape index (κ2) is 8.51. The second-order valence-corrected chi connectivity index (χ2v) is 5.27. The lowest BCUT2D eigenvalue weighted by Gasteiger charge is -2.23. The van der Waals surface area contributed by atoms with E-state index in [1.54, 1.807) is 0 Å². The molecule has 17 heavy (non-hydrogen) atoms. The lowest BCUT2D eigenvalue weighted by Crippen LogP contribution is -2.41. The summed E-state index contributed by atoms with van der Waals surface area (Å²) in [4.78, 5) is 11.5. The van der Waals surface area contributed by atoms with Crippen LogP contribution in [0.1, 0.15) is 58.8 Å². The fourth-order valence-electron chi connectivity index (χ4n) is 2.56. The maximum atomic E-state index is 11.5. The highest BCUT2D eigenvalue weighted by atomic mass is 16.1. The summed E-state index contributed by atoms with van der Waals surface area (Å²) in [5, 5.41) is 6.28. The quantitative estimate of drug-likeness (QED) is 0.700. The molecule has 0 radical (unpaired) electrons. The molecular weight excluding hydrogens is 212 g/mol. The molecular formula is C14H28N2O. The van der Waals surface area contributed by atoms with Crippen LogP contribution in [0, 0.1) is 5.92 Å². The van der Waals surface area contributed by atoms with Crippen LogP contribution in [0.5, 0.6) is 0 Å². The minimum atomic E-state index is 0.132. The number of hydrogen-bond acceptors (Lipinski definition) is 2. The van der Waals surface area contributed by atoms with Crippen molar-refractivity contribution in [2.45, 2.75) is 64.8 Å². The van der Waals surface area contributed by atoms with Crippen molar-refractivity contribution in [3.05, 3.63) is 0 Å². The van der Waals surface area contributed by atoms with Crippen molar-refractivity contribution < 1.29 is 4.79 Å². The molecule has 1 atom stereocenters. The van der Waals surface area contributed by atoms with E-state index in [9.17, 15) is 4.79 Å². The first-order chi connectivity index (χ1) is 8.24. The Morgan fingerprint density at radius 3 is 2.47 bits per heavy atom. The van der Waals surface area contributed by atoms with Gasteiger partial charge in [0, 0.05) is 12.6 Å². The highest BCUT2D eigenvalue weighted by Crippen LogP contribution is 2.25. The van der Waals surface area contributed by atoms with E-state index in [4.69, 9.17) is 0 Å². The van der Waals surface area contributed by atoms with Gasteiger partial charge in [-0.15, -0.1) is 0 Å². The molecule has 1 amide bonds. The van der Waals surface area contributed by atoms with Crippen LogP contribution in [-0.4, -0.2) is 25.0 Å². The molecule has 0 saturated heterocycles. The predicted molar refractivity (Wildman–Crippen MR) is 72.0 cm³/mol. The first-order valence-corrected chi connectivity index (χ1v) is 7.24. The predicted octanol–water partition coefficient (Wildman–Crippen LogP) is 2.46. The van der Waals surface area contributed by atoms with Gasteiger partial charge in [0.2, 0.25) is 5.91 Å². The molecule has 0 spiro atoms. The van der Waals surface area contributed by atoms with Gasteiger partial charge in [-0.05, 0) is 32.1 Å².